The first-order valence-electron chi connectivity index (χ1n) is 8.92. The number of ether oxygens (including phenoxy) is 2. The number of para-hydroxylation sites is 2. The summed E-state index contributed by atoms with van der Waals surface area (Å²) >= 11 is 0. The van der Waals surface area contributed by atoms with Crippen molar-refractivity contribution in [2.45, 2.75) is 32.8 Å². The van der Waals surface area contributed by atoms with E-state index in [9.17, 15) is 4.79 Å². The molecule has 7 heteroatoms. The van der Waals surface area contributed by atoms with Gasteiger partial charge in [-0.1, -0.05) is 12.1 Å². The molecule has 0 bridgehead atoms. The van der Waals surface area contributed by atoms with Crippen molar-refractivity contribution in [3.8, 4) is 11.5 Å². The number of amides is 2. The molecule has 140 valence electrons. The summed E-state index contributed by atoms with van der Waals surface area (Å²) < 4.78 is 11.6. The molecular weight excluding hydrogens is 332 g/mol. The Morgan fingerprint density at radius 1 is 1.35 bits per heavy atom. The van der Waals surface area contributed by atoms with Gasteiger partial charge in [0.2, 0.25) is 0 Å². The maximum Gasteiger partial charge on any atom is 0.317 e. The number of H-pyrrole nitrogens is 1. The smallest absolute Gasteiger partial charge is 0.317 e. The van der Waals surface area contributed by atoms with Crippen LogP contribution in [0.15, 0.2) is 24.3 Å². The Morgan fingerprint density at radius 2 is 2.12 bits per heavy atom. The summed E-state index contributed by atoms with van der Waals surface area (Å²) in [5.41, 5.74) is 3.23. The summed E-state index contributed by atoms with van der Waals surface area (Å²) in [6.45, 7) is 5.66. The molecule has 7 nitrogen and oxygen atoms in total. The minimum atomic E-state index is -0.0825. The van der Waals surface area contributed by atoms with Crippen molar-refractivity contribution in [1.29, 1.82) is 0 Å². The Bertz CT molecular complexity index is 739. The molecule has 1 aromatic heterocycles. The highest BCUT2D eigenvalue weighted by Crippen LogP contribution is 2.31. The topological polar surface area (TPSA) is 79.5 Å². The third kappa shape index (κ3) is 4.28. The Hall–Kier alpha value is -2.70. The molecule has 3 rings (SSSR count). The second-order valence-electron chi connectivity index (χ2n) is 6.60. The maximum absolute atomic E-state index is 12.2. The SMILES string of the molecule is Cc1n[nH]c(C)c1CCN(C)C(=O)NCCC1COc2ccccc2O1. The normalized spacial score (nSPS) is 15.6. The zero-order valence-corrected chi connectivity index (χ0v) is 15.5. The number of benzene rings is 1. The fourth-order valence-electron chi connectivity index (χ4n) is 3.00. The van der Waals surface area contributed by atoms with Crippen LogP contribution in [-0.2, 0) is 6.42 Å². The molecule has 2 amide bonds. The lowest BCUT2D eigenvalue weighted by molar-refractivity contribution is 0.0850. The van der Waals surface area contributed by atoms with Gasteiger partial charge >= 0.3 is 6.03 Å². The number of aromatic amines is 1. The number of aryl methyl sites for hydroxylation is 2. The predicted octanol–water partition coefficient (Wildman–Crippen LogP) is 2.44. The summed E-state index contributed by atoms with van der Waals surface area (Å²) in [4.78, 5) is 13.9. The van der Waals surface area contributed by atoms with Crippen molar-refractivity contribution < 1.29 is 14.3 Å². The molecule has 2 N–H and O–H groups in total. The van der Waals surface area contributed by atoms with Crippen molar-refractivity contribution >= 4 is 6.03 Å². The molecule has 0 spiro atoms. The molecular formula is C19H26N4O3. The van der Waals surface area contributed by atoms with Crippen molar-refractivity contribution in [3.63, 3.8) is 0 Å². The van der Waals surface area contributed by atoms with Crippen molar-refractivity contribution in [2.24, 2.45) is 0 Å². The Morgan fingerprint density at radius 3 is 2.85 bits per heavy atom. The van der Waals surface area contributed by atoms with Gasteiger partial charge in [-0.3, -0.25) is 5.10 Å². The average molecular weight is 358 g/mol. The molecule has 0 saturated carbocycles. The van der Waals surface area contributed by atoms with Gasteiger partial charge in [0, 0.05) is 32.3 Å². The molecule has 0 radical (unpaired) electrons. The summed E-state index contributed by atoms with van der Waals surface area (Å²) in [6.07, 6.45) is 1.44. The van der Waals surface area contributed by atoms with Gasteiger partial charge in [-0.15, -0.1) is 0 Å². The van der Waals surface area contributed by atoms with Crippen molar-refractivity contribution in [1.82, 2.24) is 20.4 Å². The van der Waals surface area contributed by atoms with E-state index in [1.807, 2.05) is 38.1 Å². The number of likely N-dealkylation sites (N-methyl/N-ethyl adjacent to an activating group) is 1. The maximum atomic E-state index is 12.2. The number of urea groups is 1. The minimum Gasteiger partial charge on any atom is -0.486 e. The lowest BCUT2D eigenvalue weighted by Gasteiger charge is -2.26. The molecule has 1 unspecified atom stereocenters. The monoisotopic (exact) mass is 358 g/mol. The second kappa shape index (κ2) is 8.12. The molecule has 0 fully saturated rings. The van der Waals surface area contributed by atoms with Crippen LogP contribution in [0.3, 0.4) is 0 Å². The van der Waals surface area contributed by atoms with Gasteiger partial charge < -0.3 is 19.7 Å². The zero-order valence-electron chi connectivity index (χ0n) is 15.5. The van der Waals surface area contributed by atoms with Crippen LogP contribution in [0.1, 0.15) is 23.4 Å². The first-order chi connectivity index (χ1) is 12.5. The van der Waals surface area contributed by atoms with Crippen LogP contribution in [0, 0.1) is 13.8 Å². The van der Waals surface area contributed by atoms with Gasteiger partial charge in [0.25, 0.3) is 0 Å². The van der Waals surface area contributed by atoms with E-state index in [0.717, 1.165) is 29.3 Å². The third-order valence-corrected chi connectivity index (χ3v) is 4.63. The van der Waals surface area contributed by atoms with Gasteiger partial charge in [-0.2, -0.15) is 5.10 Å². The highest BCUT2D eigenvalue weighted by atomic mass is 16.6. The highest BCUT2D eigenvalue weighted by molar-refractivity contribution is 5.73. The number of nitrogens with one attached hydrogen (secondary N) is 2. The number of rotatable bonds is 6. The summed E-state index contributed by atoms with van der Waals surface area (Å²) in [5, 5.41) is 10.1. The van der Waals surface area contributed by atoms with Gasteiger partial charge in [-0.05, 0) is 38.0 Å². The summed E-state index contributed by atoms with van der Waals surface area (Å²) in [7, 11) is 1.80. The van der Waals surface area contributed by atoms with Gasteiger partial charge in [-0.25, -0.2) is 4.79 Å². The van der Waals surface area contributed by atoms with Crippen LogP contribution in [0.25, 0.3) is 0 Å². The number of nitrogens with zero attached hydrogens (tertiary/aromatic N) is 2. The lowest BCUT2D eigenvalue weighted by atomic mass is 10.1. The first-order valence-corrected chi connectivity index (χ1v) is 8.92. The predicted molar refractivity (Wildman–Crippen MR) is 98.8 cm³/mol. The molecule has 1 aromatic carbocycles. The standard InChI is InChI=1S/C19H26N4O3/c1-13-16(14(2)22-21-13)9-11-23(3)19(24)20-10-8-15-12-25-17-6-4-5-7-18(17)26-15/h4-7,15H,8-12H2,1-3H3,(H,20,24)(H,21,22). The van der Waals surface area contributed by atoms with Crippen LogP contribution in [0.2, 0.25) is 0 Å². The molecule has 0 aliphatic carbocycles. The molecule has 0 saturated heterocycles. The van der Waals surface area contributed by atoms with Gasteiger partial charge in [0.15, 0.2) is 11.5 Å². The highest BCUT2D eigenvalue weighted by Gasteiger charge is 2.20. The Balaban J connectivity index is 1.39. The fourth-order valence-corrected chi connectivity index (χ4v) is 3.00. The quantitative estimate of drug-likeness (QED) is 0.831. The van der Waals surface area contributed by atoms with Gasteiger partial charge in [0.05, 0.1) is 5.69 Å². The number of hydrogen-bond acceptors (Lipinski definition) is 4. The van der Waals surface area contributed by atoms with Crippen LogP contribution in [-0.4, -0.2) is 54.0 Å². The molecule has 26 heavy (non-hydrogen) atoms. The first kappa shape index (κ1) is 18.1. The number of carbonyl (C=O) groups is 1. The molecule has 1 aliphatic rings. The van der Waals surface area contributed by atoms with E-state index < -0.39 is 0 Å². The van der Waals surface area contributed by atoms with E-state index in [2.05, 4.69) is 15.5 Å². The number of fused-ring (bicyclic) bond motifs is 1. The number of carbonyl (C=O) groups excluding carboxylic acids is 1. The van der Waals surface area contributed by atoms with E-state index >= 15 is 0 Å². The van der Waals surface area contributed by atoms with E-state index in [1.165, 1.54) is 5.56 Å². The molecule has 1 aliphatic heterocycles. The molecule has 2 aromatic rings. The second-order valence-corrected chi connectivity index (χ2v) is 6.60. The Labute approximate surface area is 153 Å². The average Bonchev–Trinajstić information content (AvgIpc) is 2.97. The van der Waals surface area contributed by atoms with Crippen LogP contribution in [0.5, 0.6) is 11.5 Å². The van der Waals surface area contributed by atoms with E-state index in [4.69, 9.17) is 9.47 Å². The van der Waals surface area contributed by atoms with Gasteiger partial charge in [0.1, 0.15) is 12.7 Å². The van der Waals surface area contributed by atoms with E-state index in [-0.39, 0.29) is 12.1 Å². The van der Waals surface area contributed by atoms with Crippen LogP contribution in [0.4, 0.5) is 4.79 Å². The number of hydrogen-bond donors (Lipinski definition) is 2. The van der Waals surface area contributed by atoms with Crippen molar-refractivity contribution in [3.05, 3.63) is 41.2 Å². The molecule has 1 atom stereocenters. The molecule has 2 heterocycles. The minimum absolute atomic E-state index is 0.0493. The zero-order chi connectivity index (χ0) is 18.5. The van der Waals surface area contributed by atoms with Crippen LogP contribution >= 0.6 is 0 Å². The van der Waals surface area contributed by atoms with E-state index in [0.29, 0.717) is 26.1 Å². The number of aromatic nitrogens is 2. The van der Waals surface area contributed by atoms with Crippen LogP contribution < -0.4 is 14.8 Å². The fraction of sp³-hybridized carbons (Fsp3) is 0.474. The summed E-state index contributed by atoms with van der Waals surface area (Å²) in [6, 6.07) is 7.55. The Kier molecular flexibility index (Phi) is 5.65. The van der Waals surface area contributed by atoms with Crippen molar-refractivity contribution in [2.75, 3.05) is 26.7 Å². The van der Waals surface area contributed by atoms with E-state index in [1.54, 1.807) is 11.9 Å². The summed E-state index contributed by atoms with van der Waals surface area (Å²) in [5.74, 6) is 1.54. The lowest BCUT2D eigenvalue weighted by Crippen LogP contribution is -2.41. The largest absolute Gasteiger partial charge is 0.486 e. The third-order valence-electron chi connectivity index (χ3n) is 4.63.